The van der Waals surface area contributed by atoms with Crippen LogP contribution in [0.15, 0.2) is 36.4 Å². The molecule has 4 heteroatoms. The molecule has 2 bridgehead atoms. The van der Waals surface area contributed by atoms with Gasteiger partial charge in [-0.05, 0) is 54.3 Å². The second-order valence-corrected chi connectivity index (χ2v) is 6.29. The van der Waals surface area contributed by atoms with E-state index in [-0.39, 0.29) is 11.9 Å². The number of ether oxygens (including phenoxy) is 1. The fourth-order valence-corrected chi connectivity index (χ4v) is 3.73. The zero-order valence-electron chi connectivity index (χ0n) is 12.6. The average molecular weight is 296 g/mol. The molecule has 2 N–H and O–H groups in total. The number of benzene rings is 2. The fraction of sp³-hybridized carbons (Fsp3) is 0.389. The summed E-state index contributed by atoms with van der Waals surface area (Å²) in [6, 6.07) is 13.0. The first-order chi connectivity index (χ1) is 10.7. The molecule has 4 nitrogen and oxygen atoms in total. The van der Waals surface area contributed by atoms with Crippen molar-refractivity contribution < 1.29 is 9.53 Å². The maximum absolute atomic E-state index is 12.5. The highest BCUT2D eigenvalue weighted by Crippen LogP contribution is 2.28. The van der Waals surface area contributed by atoms with Crippen LogP contribution < -0.4 is 15.4 Å². The number of amides is 1. The molecule has 2 fully saturated rings. The van der Waals surface area contributed by atoms with Crippen molar-refractivity contribution in [2.75, 3.05) is 7.11 Å². The highest BCUT2D eigenvalue weighted by molar-refractivity contribution is 5.99. The van der Waals surface area contributed by atoms with Crippen LogP contribution in [0.1, 0.15) is 29.6 Å². The summed E-state index contributed by atoms with van der Waals surface area (Å²) in [5, 5.41) is 8.87. The number of carbonyl (C=O) groups is 1. The third kappa shape index (κ3) is 2.33. The Hall–Kier alpha value is -2.07. The van der Waals surface area contributed by atoms with Gasteiger partial charge in [0.1, 0.15) is 5.75 Å². The molecular weight excluding hydrogens is 276 g/mol. The molecule has 0 aromatic heterocycles. The maximum Gasteiger partial charge on any atom is 0.251 e. The van der Waals surface area contributed by atoms with Crippen LogP contribution in [-0.2, 0) is 0 Å². The van der Waals surface area contributed by atoms with Crippen molar-refractivity contribution in [3.63, 3.8) is 0 Å². The monoisotopic (exact) mass is 296 g/mol. The van der Waals surface area contributed by atoms with E-state index in [4.69, 9.17) is 4.74 Å². The van der Waals surface area contributed by atoms with Crippen LogP contribution in [0, 0.1) is 0 Å². The average Bonchev–Trinajstić information content (AvgIpc) is 3.16. The van der Waals surface area contributed by atoms with Gasteiger partial charge in [0.15, 0.2) is 0 Å². The van der Waals surface area contributed by atoms with E-state index < -0.39 is 0 Å². The van der Waals surface area contributed by atoms with Gasteiger partial charge in [-0.15, -0.1) is 0 Å². The molecule has 2 aromatic carbocycles. The summed E-state index contributed by atoms with van der Waals surface area (Å²) in [5.41, 5.74) is 0.712. The van der Waals surface area contributed by atoms with Crippen LogP contribution in [0.25, 0.3) is 10.8 Å². The molecule has 2 aliphatic rings. The van der Waals surface area contributed by atoms with Gasteiger partial charge in [-0.3, -0.25) is 4.79 Å². The molecule has 114 valence electrons. The summed E-state index contributed by atoms with van der Waals surface area (Å²) in [6.45, 7) is 0. The van der Waals surface area contributed by atoms with Crippen LogP contribution >= 0.6 is 0 Å². The standard InChI is InChI=1S/C18H20N2O2/c1-22-15-6-4-11-2-3-12(8-13(11)9-15)18(21)20-17-10-14-5-7-16(17)19-14/h2-4,6,8-9,14,16-17,19H,5,7,10H2,1H3,(H,20,21)/t14-,16+,17-/m1/s1. The Bertz CT molecular complexity index is 728. The smallest absolute Gasteiger partial charge is 0.251 e. The van der Waals surface area contributed by atoms with Crippen LogP contribution in [0.3, 0.4) is 0 Å². The zero-order chi connectivity index (χ0) is 15.1. The molecule has 0 unspecified atom stereocenters. The van der Waals surface area contributed by atoms with Crippen LogP contribution in [0.4, 0.5) is 0 Å². The molecule has 2 saturated heterocycles. The Morgan fingerprint density at radius 1 is 1.18 bits per heavy atom. The largest absolute Gasteiger partial charge is 0.497 e. The highest BCUT2D eigenvalue weighted by atomic mass is 16.5. The Kier molecular flexibility index (Phi) is 3.26. The molecule has 0 spiro atoms. The van der Waals surface area contributed by atoms with E-state index in [1.807, 2.05) is 36.4 Å². The summed E-state index contributed by atoms with van der Waals surface area (Å²) in [4.78, 5) is 12.5. The van der Waals surface area contributed by atoms with Gasteiger partial charge in [0.05, 0.1) is 7.11 Å². The minimum absolute atomic E-state index is 0.0177. The van der Waals surface area contributed by atoms with Gasteiger partial charge in [0.25, 0.3) is 5.91 Å². The topological polar surface area (TPSA) is 50.4 Å². The van der Waals surface area contributed by atoms with Crippen molar-refractivity contribution in [1.82, 2.24) is 10.6 Å². The molecule has 2 aliphatic heterocycles. The SMILES string of the molecule is COc1ccc2ccc(C(=O)N[C@@H]3C[C@H]4CC[C@@H]3N4)cc2c1. The number of carbonyl (C=O) groups excluding carboxylic acids is 1. The molecule has 0 saturated carbocycles. The molecule has 0 aliphatic carbocycles. The van der Waals surface area contributed by atoms with Crippen LogP contribution in [0.5, 0.6) is 5.75 Å². The molecule has 3 atom stereocenters. The van der Waals surface area contributed by atoms with Gasteiger partial charge in [0.2, 0.25) is 0 Å². The normalized spacial score (nSPS) is 26.3. The Labute approximate surface area is 129 Å². The van der Waals surface area contributed by atoms with Crippen LogP contribution in [-0.4, -0.2) is 31.1 Å². The van der Waals surface area contributed by atoms with Crippen molar-refractivity contribution in [3.05, 3.63) is 42.0 Å². The number of methoxy groups -OCH3 is 1. The van der Waals surface area contributed by atoms with Crippen molar-refractivity contribution in [2.45, 2.75) is 37.4 Å². The maximum atomic E-state index is 12.5. The van der Waals surface area contributed by atoms with Crippen LogP contribution in [0.2, 0.25) is 0 Å². The zero-order valence-corrected chi connectivity index (χ0v) is 12.6. The lowest BCUT2D eigenvalue weighted by Crippen LogP contribution is -2.42. The van der Waals surface area contributed by atoms with E-state index in [2.05, 4.69) is 10.6 Å². The van der Waals surface area contributed by atoms with E-state index in [0.29, 0.717) is 17.6 Å². The molecule has 1 amide bonds. The predicted octanol–water partition coefficient (Wildman–Crippen LogP) is 2.47. The third-order valence-corrected chi connectivity index (χ3v) is 4.93. The minimum atomic E-state index is 0.0177. The highest BCUT2D eigenvalue weighted by Gasteiger charge is 2.39. The second-order valence-electron chi connectivity index (χ2n) is 6.29. The van der Waals surface area contributed by atoms with Gasteiger partial charge in [-0.25, -0.2) is 0 Å². The summed E-state index contributed by atoms with van der Waals surface area (Å²) in [7, 11) is 1.65. The lowest BCUT2D eigenvalue weighted by molar-refractivity contribution is 0.0931. The molecule has 0 radical (unpaired) electrons. The van der Waals surface area contributed by atoms with E-state index in [0.717, 1.165) is 22.9 Å². The first-order valence-electron chi connectivity index (χ1n) is 7.87. The Balaban J connectivity index is 1.56. The predicted molar refractivity (Wildman–Crippen MR) is 86.3 cm³/mol. The second kappa shape index (κ2) is 5.29. The number of hydrogen-bond acceptors (Lipinski definition) is 3. The van der Waals surface area contributed by atoms with Crippen molar-refractivity contribution in [1.29, 1.82) is 0 Å². The van der Waals surface area contributed by atoms with E-state index >= 15 is 0 Å². The van der Waals surface area contributed by atoms with E-state index in [1.165, 1.54) is 12.8 Å². The first-order valence-corrected chi connectivity index (χ1v) is 7.87. The molecule has 4 rings (SSSR count). The van der Waals surface area contributed by atoms with Crippen molar-refractivity contribution in [3.8, 4) is 5.75 Å². The molecule has 2 aromatic rings. The first kappa shape index (κ1) is 13.6. The van der Waals surface area contributed by atoms with Gasteiger partial charge < -0.3 is 15.4 Å². The summed E-state index contributed by atoms with van der Waals surface area (Å²) in [5.74, 6) is 0.825. The Morgan fingerprint density at radius 3 is 2.77 bits per heavy atom. The number of rotatable bonds is 3. The minimum Gasteiger partial charge on any atom is -0.497 e. The van der Waals surface area contributed by atoms with Gasteiger partial charge in [-0.2, -0.15) is 0 Å². The number of fused-ring (bicyclic) bond motifs is 3. The molecule has 2 heterocycles. The third-order valence-electron chi connectivity index (χ3n) is 4.93. The number of nitrogens with one attached hydrogen (secondary N) is 2. The lowest BCUT2D eigenvalue weighted by Gasteiger charge is -2.21. The number of hydrogen-bond donors (Lipinski definition) is 2. The van der Waals surface area contributed by atoms with Crippen molar-refractivity contribution >= 4 is 16.7 Å². The van der Waals surface area contributed by atoms with Gasteiger partial charge >= 0.3 is 0 Å². The van der Waals surface area contributed by atoms with Gasteiger partial charge in [0, 0.05) is 23.7 Å². The fourth-order valence-electron chi connectivity index (χ4n) is 3.73. The molecule has 22 heavy (non-hydrogen) atoms. The quantitative estimate of drug-likeness (QED) is 0.915. The summed E-state index contributed by atoms with van der Waals surface area (Å²) < 4.78 is 5.25. The van der Waals surface area contributed by atoms with E-state index in [1.54, 1.807) is 7.11 Å². The Morgan fingerprint density at radius 2 is 2.05 bits per heavy atom. The summed E-state index contributed by atoms with van der Waals surface area (Å²) in [6.07, 6.45) is 3.47. The van der Waals surface area contributed by atoms with Gasteiger partial charge in [-0.1, -0.05) is 12.1 Å². The summed E-state index contributed by atoms with van der Waals surface area (Å²) >= 11 is 0. The molecular formula is C18H20N2O2. The lowest BCUT2D eigenvalue weighted by atomic mass is 9.95. The van der Waals surface area contributed by atoms with Crippen molar-refractivity contribution in [2.24, 2.45) is 0 Å². The van der Waals surface area contributed by atoms with E-state index in [9.17, 15) is 4.79 Å².